The number of hydrazine groups is 1. The molecular weight excluding hydrogens is 338 g/mol. The largest absolute Gasteiger partial charge is 0.395 e. The van der Waals surface area contributed by atoms with Crippen molar-refractivity contribution in [1.29, 1.82) is 0 Å². The van der Waals surface area contributed by atoms with Crippen molar-refractivity contribution in [2.45, 2.75) is 0 Å². The number of benzene rings is 1. The van der Waals surface area contributed by atoms with E-state index < -0.39 is 4.92 Å². The molecule has 1 saturated heterocycles. The zero-order chi connectivity index (χ0) is 18.4. The van der Waals surface area contributed by atoms with Gasteiger partial charge in [-0.25, -0.2) is 9.97 Å². The average Bonchev–Trinajstić information content (AvgIpc) is 2.67. The highest BCUT2D eigenvalue weighted by Crippen LogP contribution is 2.32. The van der Waals surface area contributed by atoms with Crippen molar-refractivity contribution in [3.05, 3.63) is 46.8 Å². The minimum absolute atomic E-state index is 0.104. The Labute approximate surface area is 150 Å². The summed E-state index contributed by atoms with van der Waals surface area (Å²) in [6.07, 6.45) is 1.32. The van der Waals surface area contributed by atoms with Crippen molar-refractivity contribution in [1.82, 2.24) is 14.9 Å². The molecule has 0 spiro atoms. The van der Waals surface area contributed by atoms with Crippen LogP contribution in [0.2, 0.25) is 0 Å². The molecule has 0 amide bonds. The zero-order valence-corrected chi connectivity index (χ0v) is 14.2. The molecule has 3 rings (SSSR count). The predicted octanol–water partition coefficient (Wildman–Crippen LogP) is 0.938. The summed E-state index contributed by atoms with van der Waals surface area (Å²) < 4.78 is 0. The van der Waals surface area contributed by atoms with E-state index in [0.29, 0.717) is 38.5 Å². The Morgan fingerprint density at radius 3 is 2.50 bits per heavy atom. The van der Waals surface area contributed by atoms with Crippen molar-refractivity contribution in [2.75, 3.05) is 55.1 Å². The highest BCUT2D eigenvalue weighted by Gasteiger charge is 2.29. The number of hydrogen-bond donors (Lipinski definition) is 3. The van der Waals surface area contributed by atoms with E-state index in [9.17, 15) is 10.1 Å². The Morgan fingerprint density at radius 2 is 1.85 bits per heavy atom. The molecule has 3 N–H and O–H groups in total. The molecule has 0 radical (unpaired) electrons. The third-order valence-corrected chi connectivity index (χ3v) is 4.17. The second kappa shape index (κ2) is 8.41. The summed E-state index contributed by atoms with van der Waals surface area (Å²) in [7, 11) is 0. The van der Waals surface area contributed by atoms with Crippen LogP contribution >= 0.6 is 0 Å². The molecule has 138 valence electrons. The van der Waals surface area contributed by atoms with Crippen molar-refractivity contribution < 1.29 is 10.0 Å². The van der Waals surface area contributed by atoms with Gasteiger partial charge in [-0.2, -0.15) is 0 Å². The van der Waals surface area contributed by atoms with E-state index in [-0.39, 0.29) is 18.1 Å². The molecule has 0 atom stereocenters. The molecule has 1 fully saturated rings. The molecule has 0 unspecified atom stereocenters. The number of anilines is 3. The summed E-state index contributed by atoms with van der Waals surface area (Å²) in [6.45, 7) is 3.34. The summed E-state index contributed by atoms with van der Waals surface area (Å²) in [4.78, 5) is 23.3. The smallest absolute Gasteiger partial charge is 0.355 e. The van der Waals surface area contributed by atoms with Crippen LogP contribution in [0.1, 0.15) is 0 Å². The molecule has 10 nitrogen and oxygen atoms in total. The summed E-state index contributed by atoms with van der Waals surface area (Å²) >= 11 is 0. The Kier molecular flexibility index (Phi) is 5.77. The molecule has 0 aliphatic carbocycles. The number of aliphatic hydroxyl groups is 1. The number of aromatic nitrogens is 2. The van der Waals surface area contributed by atoms with Gasteiger partial charge >= 0.3 is 5.69 Å². The lowest BCUT2D eigenvalue weighted by Crippen LogP contribution is -2.47. The van der Waals surface area contributed by atoms with Crippen LogP contribution in [-0.4, -0.2) is 64.2 Å². The number of hydrogen-bond acceptors (Lipinski definition) is 9. The van der Waals surface area contributed by atoms with Gasteiger partial charge in [-0.1, -0.05) is 18.2 Å². The fraction of sp³-hybridized carbons (Fsp3) is 0.375. The van der Waals surface area contributed by atoms with Gasteiger partial charge in [0.1, 0.15) is 6.33 Å². The molecule has 2 heterocycles. The number of nitro groups is 1. The van der Waals surface area contributed by atoms with Crippen molar-refractivity contribution in [2.24, 2.45) is 0 Å². The predicted molar refractivity (Wildman–Crippen MR) is 98.1 cm³/mol. The summed E-state index contributed by atoms with van der Waals surface area (Å²) in [5, 5.41) is 20.7. The van der Waals surface area contributed by atoms with Gasteiger partial charge in [-0.15, -0.1) is 0 Å². The van der Waals surface area contributed by atoms with Crippen LogP contribution in [0.3, 0.4) is 0 Å². The lowest BCUT2D eigenvalue weighted by molar-refractivity contribution is -0.383. The van der Waals surface area contributed by atoms with Crippen molar-refractivity contribution >= 4 is 23.0 Å². The standard InChI is InChI=1S/C16H21N7O3/c24-11-10-21-6-8-22(9-7-21)16-14(23(25)26)15(17-12-18-16)20-19-13-4-2-1-3-5-13/h1-5,12,19,24H,6-11H2,(H,17,18,20). The highest BCUT2D eigenvalue weighted by molar-refractivity contribution is 5.71. The number of para-hydroxylation sites is 1. The fourth-order valence-electron chi connectivity index (χ4n) is 2.84. The quantitative estimate of drug-likeness (QED) is 0.490. The van der Waals surface area contributed by atoms with E-state index in [1.807, 2.05) is 35.2 Å². The van der Waals surface area contributed by atoms with Gasteiger partial charge in [-0.3, -0.25) is 25.9 Å². The molecule has 10 heteroatoms. The van der Waals surface area contributed by atoms with Crippen LogP contribution in [0.25, 0.3) is 0 Å². The van der Waals surface area contributed by atoms with Crippen LogP contribution in [0.4, 0.5) is 23.0 Å². The van der Waals surface area contributed by atoms with Gasteiger partial charge in [0, 0.05) is 32.7 Å². The van der Waals surface area contributed by atoms with Gasteiger partial charge in [-0.05, 0) is 12.1 Å². The van der Waals surface area contributed by atoms with E-state index in [2.05, 4.69) is 25.7 Å². The Bertz CT molecular complexity index is 736. The molecule has 26 heavy (non-hydrogen) atoms. The maximum absolute atomic E-state index is 11.7. The van der Waals surface area contributed by atoms with Gasteiger partial charge in [0.15, 0.2) is 0 Å². The van der Waals surface area contributed by atoms with E-state index >= 15 is 0 Å². The monoisotopic (exact) mass is 359 g/mol. The van der Waals surface area contributed by atoms with E-state index in [4.69, 9.17) is 5.11 Å². The third-order valence-electron chi connectivity index (χ3n) is 4.17. The summed E-state index contributed by atoms with van der Waals surface area (Å²) in [6, 6.07) is 9.26. The lowest BCUT2D eigenvalue weighted by atomic mass is 10.3. The van der Waals surface area contributed by atoms with Crippen molar-refractivity contribution in [3.63, 3.8) is 0 Å². The zero-order valence-electron chi connectivity index (χ0n) is 14.2. The van der Waals surface area contributed by atoms with Gasteiger partial charge < -0.3 is 10.0 Å². The molecular formula is C16H21N7O3. The highest BCUT2D eigenvalue weighted by atomic mass is 16.6. The fourth-order valence-corrected chi connectivity index (χ4v) is 2.84. The number of piperazine rings is 1. The number of β-amino-alcohol motifs (C(OH)–C–C–N with tert-alkyl or cyclic N) is 1. The molecule has 1 aliphatic heterocycles. The third kappa shape index (κ3) is 4.16. The minimum atomic E-state index is -0.468. The molecule has 2 aromatic rings. The Hall–Kier alpha value is -2.98. The maximum atomic E-state index is 11.7. The first kappa shape index (κ1) is 17.8. The topological polar surface area (TPSA) is 120 Å². The van der Waals surface area contributed by atoms with Crippen LogP contribution in [-0.2, 0) is 0 Å². The van der Waals surface area contributed by atoms with E-state index in [1.165, 1.54) is 6.33 Å². The van der Waals surface area contributed by atoms with Gasteiger partial charge in [0.25, 0.3) is 0 Å². The first-order chi connectivity index (χ1) is 12.7. The van der Waals surface area contributed by atoms with Crippen molar-refractivity contribution in [3.8, 4) is 0 Å². The van der Waals surface area contributed by atoms with Gasteiger partial charge in [0.2, 0.25) is 11.6 Å². The Balaban J connectivity index is 1.77. The lowest BCUT2D eigenvalue weighted by Gasteiger charge is -2.34. The minimum Gasteiger partial charge on any atom is -0.395 e. The van der Waals surface area contributed by atoms with Crippen LogP contribution < -0.4 is 15.8 Å². The number of rotatable bonds is 7. The molecule has 0 bridgehead atoms. The van der Waals surface area contributed by atoms with Gasteiger partial charge in [0.05, 0.1) is 17.2 Å². The van der Waals surface area contributed by atoms with Crippen LogP contribution in [0.15, 0.2) is 36.7 Å². The summed E-state index contributed by atoms with van der Waals surface area (Å²) in [5.74, 6) is 0.410. The molecule has 1 aromatic carbocycles. The maximum Gasteiger partial charge on any atom is 0.355 e. The Morgan fingerprint density at radius 1 is 1.12 bits per heavy atom. The van der Waals surface area contributed by atoms with E-state index in [1.54, 1.807) is 0 Å². The second-order valence-electron chi connectivity index (χ2n) is 5.82. The SMILES string of the molecule is O=[N+]([O-])c1c(NNc2ccccc2)ncnc1N1CCN(CCO)CC1. The second-order valence-corrected chi connectivity index (χ2v) is 5.82. The number of aliphatic hydroxyl groups excluding tert-OH is 1. The average molecular weight is 359 g/mol. The number of nitrogens with zero attached hydrogens (tertiary/aromatic N) is 5. The summed E-state index contributed by atoms with van der Waals surface area (Å²) in [5.41, 5.74) is 6.32. The first-order valence-electron chi connectivity index (χ1n) is 8.33. The normalized spacial score (nSPS) is 14.9. The molecule has 1 aromatic heterocycles. The first-order valence-corrected chi connectivity index (χ1v) is 8.33. The van der Waals surface area contributed by atoms with E-state index in [0.717, 1.165) is 5.69 Å². The van der Waals surface area contributed by atoms with Crippen LogP contribution in [0.5, 0.6) is 0 Å². The number of nitrogens with one attached hydrogen (secondary N) is 2. The van der Waals surface area contributed by atoms with Crippen LogP contribution in [0, 0.1) is 10.1 Å². The molecule has 0 saturated carbocycles. The molecule has 1 aliphatic rings.